The first-order chi connectivity index (χ1) is 12.0. The first kappa shape index (κ1) is 19.8. The van der Waals surface area contributed by atoms with Gasteiger partial charge in [-0.05, 0) is 24.1 Å². The fourth-order valence-electron chi connectivity index (χ4n) is 2.56. The highest BCUT2D eigenvalue weighted by Crippen LogP contribution is 2.21. The maximum atomic E-state index is 12.2. The van der Waals surface area contributed by atoms with Crippen molar-refractivity contribution in [1.82, 2.24) is 4.90 Å². The van der Waals surface area contributed by atoms with Gasteiger partial charge in [0, 0.05) is 20.5 Å². The Balaban J connectivity index is 1.92. The molecule has 1 aliphatic rings. The van der Waals surface area contributed by atoms with E-state index in [2.05, 4.69) is 0 Å². The summed E-state index contributed by atoms with van der Waals surface area (Å²) in [6.45, 7) is 0.793. The SMILES string of the molecule is COc1ccc(COC[C@H]2O[C@@H](C(=O)N(C)C)C/C=C\C[C@H]2Cl)cc1. The summed E-state index contributed by atoms with van der Waals surface area (Å²) in [5.74, 6) is 0.750. The lowest BCUT2D eigenvalue weighted by Crippen LogP contribution is -2.42. The van der Waals surface area contributed by atoms with Crippen molar-refractivity contribution in [2.24, 2.45) is 0 Å². The number of alkyl halides is 1. The molecule has 1 aromatic carbocycles. The summed E-state index contributed by atoms with van der Waals surface area (Å²) in [7, 11) is 5.08. The lowest BCUT2D eigenvalue weighted by Gasteiger charge is -2.29. The molecule has 0 saturated heterocycles. The van der Waals surface area contributed by atoms with Crippen LogP contribution in [0, 0.1) is 0 Å². The fraction of sp³-hybridized carbons (Fsp3) is 0.526. The molecule has 1 heterocycles. The molecule has 0 aliphatic carbocycles. The van der Waals surface area contributed by atoms with E-state index in [-0.39, 0.29) is 17.4 Å². The van der Waals surface area contributed by atoms with Crippen LogP contribution in [0.15, 0.2) is 36.4 Å². The zero-order valence-electron chi connectivity index (χ0n) is 15.0. The van der Waals surface area contributed by atoms with E-state index in [0.29, 0.717) is 26.1 Å². The molecule has 0 saturated carbocycles. The Morgan fingerprint density at radius 2 is 1.92 bits per heavy atom. The highest BCUT2D eigenvalue weighted by atomic mass is 35.5. The van der Waals surface area contributed by atoms with Crippen molar-refractivity contribution in [2.75, 3.05) is 27.8 Å². The van der Waals surface area contributed by atoms with Crippen molar-refractivity contribution in [1.29, 1.82) is 0 Å². The highest BCUT2D eigenvalue weighted by molar-refractivity contribution is 6.21. The van der Waals surface area contributed by atoms with Gasteiger partial charge in [0.2, 0.25) is 0 Å². The van der Waals surface area contributed by atoms with Gasteiger partial charge in [-0.2, -0.15) is 0 Å². The van der Waals surface area contributed by atoms with Crippen LogP contribution < -0.4 is 4.74 Å². The van der Waals surface area contributed by atoms with E-state index in [1.807, 2.05) is 36.4 Å². The van der Waals surface area contributed by atoms with Crippen molar-refractivity contribution in [3.8, 4) is 5.75 Å². The minimum atomic E-state index is -0.526. The number of methoxy groups -OCH3 is 1. The first-order valence-electron chi connectivity index (χ1n) is 8.37. The van der Waals surface area contributed by atoms with E-state index >= 15 is 0 Å². The van der Waals surface area contributed by atoms with Crippen LogP contribution >= 0.6 is 11.6 Å². The predicted octanol–water partition coefficient (Wildman–Crippen LogP) is 3.01. The monoisotopic (exact) mass is 367 g/mol. The summed E-state index contributed by atoms with van der Waals surface area (Å²) in [5.41, 5.74) is 1.04. The van der Waals surface area contributed by atoms with Crippen molar-refractivity contribution in [2.45, 2.75) is 37.0 Å². The summed E-state index contributed by atoms with van der Waals surface area (Å²) in [5, 5.41) is -0.232. The number of ether oxygens (including phenoxy) is 3. The van der Waals surface area contributed by atoms with Crippen LogP contribution in [0.1, 0.15) is 18.4 Å². The molecule has 3 atom stereocenters. The van der Waals surface area contributed by atoms with Gasteiger partial charge in [-0.15, -0.1) is 11.6 Å². The maximum Gasteiger partial charge on any atom is 0.251 e. The average molecular weight is 368 g/mol. The number of amides is 1. The number of halogens is 1. The quantitative estimate of drug-likeness (QED) is 0.573. The highest BCUT2D eigenvalue weighted by Gasteiger charge is 2.29. The lowest BCUT2D eigenvalue weighted by molar-refractivity contribution is -0.148. The van der Waals surface area contributed by atoms with E-state index in [1.165, 1.54) is 0 Å². The topological polar surface area (TPSA) is 48.0 Å². The second-order valence-electron chi connectivity index (χ2n) is 6.22. The summed E-state index contributed by atoms with van der Waals surface area (Å²) in [4.78, 5) is 13.8. The Kier molecular flexibility index (Phi) is 7.75. The number of hydrogen-bond donors (Lipinski definition) is 0. The second kappa shape index (κ2) is 9.80. The van der Waals surface area contributed by atoms with Gasteiger partial charge < -0.3 is 19.1 Å². The molecule has 0 N–H and O–H groups in total. The Labute approximate surface area is 154 Å². The predicted molar refractivity (Wildman–Crippen MR) is 98.0 cm³/mol. The van der Waals surface area contributed by atoms with Crippen LogP contribution in [0.5, 0.6) is 5.75 Å². The van der Waals surface area contributed by atoms with E-state index in [4.69, 9.17) is 25.8 Å². The molecule has 0 fully saturated rings. The standard InChI is InChI=1S/C19H26ClNO4/c1-21(2)19(22)17-7-5-4-6-16(20)18(25-17)13-24-12-14-8-10-15(23-3)11-9-14/h4-5,8-11,16-18H,6-7,12-13H2,1-3H3/b5-4-/t16-,17-,18-/m1/s1. The van der Waals surface area contributed by atoms with Crippen LogP contribution in [0.3, 0.4) is 0 Å². The molecular weight excluding hydrogens is 342 g/mol. The molecular formula is C19H26ClNO4. The third-order valence-electron chi connectivity index (χ3n) is 4.05. The third-order valence-corrected chi connectivity index (χ3v) is 4.51. The molecule has 6 heteroatoms. The molecule has 0 bridgehead atoms. The van der Waals surface area contributed by atoms with E-state index < -0.39 is 6.10 Å². The minimum absolute atomic E-state index is 0.0597. The van der Waals surface area contributed by atoms with E-state index in [9.17, 15) is 4.79 Å². The Morgan fingerprint density at radius 1 is 1.24 bits per heavy atom. The number of carbonyl (C=O) groups is 1. The van der Waals surface area contributed by atoms with Crippen molar-refractivity contribution in [3.63, 3.8) is 0 Å². The van der Waals surface area contributed by atoms with Gasteiger partial charge >= 0.3 is 0 Å². The van der Waals surface area contributed by atoms with Gasteiger partial charge in [0.25, 0.3) is 5.91 Å². The van der Waals surface area contributed by atoms with Crippen LogP contribution in [-0.2, 0) is 20.9 Å². The van der Waals surface area contributed by atoms with E-state index in [1.54, 1.807) is 26.1 Å². The second-order valence-corrected chi connectivity index (χ2v) is 6.78. The van der Waals surface area contributed by atoms with Crippen molar-refractivity contribution < 1.29 is 19.0 Å². The van der Waals surface area contributed by atoms with Crippen molar-refractivity contribution >= 4 is 17.5 Å². The summed E-state index contributed by atoms with van der Waals surface area (Å²) in [6.07, 6.45) is 4.35. The van der Waals surface area contributed by atoms with Gasteiger partial charge in [0.15, 0.2) is 0 Å². The minimum Gasteiger partial charge on any atom is -0.497 e. The lowest BCUT2D eigenvalue weighted by atomic mass is 10.1. The fourth-order valence-corrected chi connectivity index (χ4v) is 2.79. The normalized spacial score (nSPS) is 24.9. The van der Waals surface area contributed by atoms with Gasteiger partial charge in [-0.25, -0.2) is 0 Å². The third kappa shape index (κ3) is 6.03. The van der Waals surface area contributed by atoms with Crippen LogP contribution in [0.2, 0.25) is 0 Å². The van der Waals surface area contributed by atoms with Crippen molar-refractivity contribution in [3.05, 3.63) is 42.0 Å². The molecule has 138 valence electrons. The number of likely N-dealkylation sites (N-methyl/N-ethyl adjacent to an activating group) is 1. The zero-order valence-corrected chi connectivity index (χ0v) is 15.7. The van der Waals surface area contributed by atoms with Gasteiger partial charge in [-0.3, -0.25) is 4.79 Å². The first-order valence-corrected chi connectivity index (χ1v) is 8.81. The molecule has 1 aromatic rings. The number of carbonyl (C=O) groups excluding carboxylic acids is 1. The molecule has 1 aliphatic heterocycles. The molecule has 5 nitrogen and oxygen atoms in total. The summed E-state index contributed by atoms with van der Waals surface area (Å²) < 4.78 is 16.9. The molecule has 0 spiro atoms. The molecule has 0 aromatic heterocycles. The number of nitrogens with zero attached hydrogens (tertiary/aromatic N) is 1. The summed E-state index contributed by atoms with van der Waals surface area (Å²) in [6, 6.07) is 7.70. The molecule has 2 rings (SSSR count). The van der Waals surface area contributed by atoms with Crippen LogP contribution in [-0.4, -0.2) is 56.2 Å². The number of hydrogen-bond acceptors (Lipinski definition) is 4. The van der Waals surface area contributed by atoms with E-state index in [0.717, 1.165) is 11.3 Å². The Morgan fingerprint density at radius 3 is 2.56 bits per heavy atom. The molecule has 1 amide bonds. The molecule has 0 radical (unpaired) electrons. The van der Waals surface area contributed by atoms with Crippen LogP contribution in [0.25, 0.3) is 0 Å². The van der Waals surface area contributed by atoms with Gasteiger partial charge in [0.1, 0.15) is 11.9 Å². The maximum absolute atomic E-state index is 12.2. The Hall–Kier alpha value is -1.56. The average Bonchev–Trinajstić information content (AvgIpc) is 2.60. The molecule has 0 unspecified atom stereocenters. The molecule has 25 heavy (non-hydrogen) atoms. The van der Waals surface area contributed by atoms with Gasteiger partial charge in [0.05, 0.1) is 31.8 Å². The summed E-state index contributed by atoms with van der Waals surface area (Å²) >= 11 is 6.43. The number of rotatable bonds is 6. The largest absolute Gasteiger partial charge is 0.497 e. The smallest absolute Gasteiger partial charge is 0.251 e. The van der Waals surface area contributed by atoms with Crippen LogP contribution in [0.4, 0.5) is 0 Å². The Bertz CT molecular complexity index is 573. The number of benzene rings is 1. The number of allylic oxidation sites excluding steroid dienone is 1. The zero-order chi connectivity index (χ0) is 18.2. The van der Waals surface area contributed by atoms with Gasteiger partial charge in [-0.1, -0.05) is 24.3 Å².